The number of nitrogens with one attached hydrogen (secondary N) is 6. The van der Waals surface area contributed by atoms with Crippen LogP contribution in [0.3, 0.4) is 0 Å². The van der Waals surface area contributed by atoms with Crippen molar-refractivity contribution in [3.05, 3.63) is 71.8 Å². The van der Waals surface area contributed by atoms with Gasteiger partial charge in [0.2, 0.25) is 29.5 Å². The fourth-order valence-electron chi connectivity index (χ4n) is 7.76. The first-order valence-corrected chi connectivity index (χ1v) is 23.2. The predicted molar refractivity (Wildman–Crippen MR) is 250 cm³/mol. The topological polar surface area (TPSA) is 282 Å². The van der Waals surface area contributed by atoms with Gasteiger partial charge in [0.05, 0.1) is 31.2 Å². The SMILES string of the molecule is CCC(CC)N(NC(=O)[C@@H]1C[C@@H](OCc2ccccc2)CN1C(=O)[C@@H](NC(=O)[C@@H](NC(=O)[C@@H](CCC(=O)O)NC(=O)[C@H](CC(=O)O)NC(C)=O)[C@@H](C)CC)C(C)C)C(=O)N[C@@H](C)c1ccccc1. The lowest BCUT2D eigenvalue weighted by Gasteiger charge is -2.35. The molecule has 68 heavy (non-hydrogen) atoms. The molecule has 374 valence electrons. The molecule has 1 aliphatic heterocycles. The molecule has 2 aromatic carbocycles. The summed E-state index contributed by atoms with van der Waals surface area (Å²) in [5.41, 5.74) is 4.54. The van der Waals surface area contributed by atoms with Gasteiger partial charge in [0.15, 0.2) is 0 Å². The Morgan fingerprint density at radius 2 is 1.31 bits per heavy atom. The maximum absolute atomic E-state index is 14.8. The molecule has 0 saturated carbocycles. The summed E-state index contributed by atoms with van der Waals surface area (Å²) in [6.07, 6.45) is -1.10. The van der Waals surface area contributed by atoms with Crippen molar-refractivity contribution in [1.82, 2.24) is 41.9 Å². The highest BCUT2D eigenvalue weighted by Gasteiger charge is 2.45. The Bertz CT molecular complexity index is 2020. The number of amides is 8. The highest BCUT2D eigenvalue weighted by atomic mass is 16.5. The summed E-state index contributed by atoms with van der Waals surface area (Å²) < 4.78 is 6.26. The number of likely N-dealkylation sites (tertiary alicyclic amines) is 1. The molecule has 0 radical (unpaired) electrons. The summed E-state index contributed by atoms with van der Waals surface area (Å²) in [4.78, 5) is 121. The van der Waals surface area contributed by atoms with Crippen LogP contribution in [-0.2, 0) is 49.7 Å². The molecule has 0 aromatic heterocycles. The van der Waals surface area contributed by atoms with Crippen molar-refractivity contribution < 1.29 is 58.1 Å². The third-order valence-corrected chi connectivity index (χ3v) is 11.9. The van der Waals surface area contributed by atoms with Gasteiger partial charge in [-0.2, -0.15) is 0 Å². The number of benzene rings is 2. The first-order valence-electron chi connectivity index (χ1n) is 23.2. The molecule has 8 atom stereocenters. The van der Waals surface area contributed by atoms with Crippen LogP contribution in [0.2, 0.25) is 0 Å². The van der Waals surface area contributed by atoms with Crippen molar-refractivity contribution in [1.29, 1.82) is 0 Å². The minimum absolute atomic E-state index is 0.0388. The van der Waals surface area contributed by atoms with Crippen LogP contribution in [0.25, 0.3) is 0 Å². The van der Waals surface area contributed by atoms with Gasteiger partial charge in [-0.05, 0) is 49.1 Å². The van der Waals surface area contributed by atoms with E-state index in [4.69, 9.17) is 4.74 Å². The van der Waals surface area contributed by atoms with Gasteiger partial charge in [0, 0.05) is 26.3 Å². The lowest BCUT2D eigenvalue weighted by Crippen LogP contribution is -2.62. The number of hydrogen-bond acceptors (Lipinski definition) is 10. The minimum Gasteiger partial charge on any atom is -0.481 e. The first-order chi connectivity index (χ1) is 32.2. The van der Waals surface area contributed by atoms with Gasteiger partial charge in [-0.15, -0.1) is 0 Å². The second-order valence-corrected chi connectivity index (χ2v) is 17.5. The zero-order chi connectivity index (χ0) is 50.7. The molecule has 20 heteroatoms. The number of nitrogens with zero attached hydrogens (tertiary/aromatic N) is 2. The Hall–Kier alpha value is -6.57. The van der Waals surface area contributed by atoms with E-state index in [-0.39, 0.29) is 19.6 Å². The monoisotopic (exact) mass is 951 g/mol. The van der Waals surface area contributed by atoms with Gasteiger partial charge >= 0.3 is 18.0 Å². The van der Waals surface area contributed by atoms with Gasteiger partial charge in [-0.3, -0.25) is 43.8 Å². The average Bonchev–Trinajstić information content (AvgIpc) is 3.74. The second kappa shape index (κ2) is 27.3. The van der Waals surface area contributed by atoms with Gasteiger partial charge < -0.3 is 46.4 Å². The number of aliphatic carboxylic acids is 2. The van der Waals surface area contributed by atoms with E-state index in [1.807, 2.05) is 81.4 Å². The molecule has 0 unspecified atom stereocenters. The summed E-state index contributed by atoms with van der Waals surface area (Å²) in [5.74, 6) is -8.69. The van der Waals surface area contributed by atoms with Gasteiger partial charge in [0.25, 0.3) is 5.91 Å². The molecule has 0 aliphatic carbocycles. The Balaban J connectivity index is 1.94. The lowest BCUT2D eigenvalue weighted by atomic mass is 9.95. The molecule has 8 N–H and O–H groups in total. The van der Waals surface area contributed by atoms with Crippen molar-refractivity contribution in [2.45, 2.75) is 155 Å². The molecule has 0 spiro atoms. The van der Waals surface area contributed by atoms with Crippen molar-refractivity contribution in [2.24, 2.45) is 11.8 Å². The number of rotatable bonds is 25. The highest BCUT2D eigenvalue weighted by Crippen LogP contribution is 2.25. The van der Waals surface area contributed by atoms with Gasteiger partial charge in [-0.1, -0.05) is 109 Å². The van der Waals surface area contributed by atoms with Gasteiger partial charge in [-0.25, -0.2) is 9.80 Å². The number of carbonyl (C=O) groups excluding carboxylic acids is 7. The predicted octanol–water partition coefficient (Wildman–Crippen LogP) is 3.17. The number of carboxylic acid groups (broad SMARTS) is 2. The Morgan fingerprint density at radius 1 is 0.721 bits per heavy atom. The molecule has 1 aliphatic rings. The van der Waals surface area contributed by atoms with E-state index in [0.29, 0.717) is 19.3 Å². The van der Waals surface area contributed by atoms with Crippen LogP contribution in [0, 0.1) is 11.8 Å². The summed E-state index contributed by atoms with van der Waals surface area (Å²) in [7, 11) is 0. The number of hydrogen-bond donors (Lipinski definition) is 8. The minimum atomic E-state index is -1.60. The molecular weight excluding hydrogens is 881 g/mol. The second-order valence-electron chi connectivity index (χ2n) is 17.5. The fourth-order valence-corrected chi connectivity index (χ4v) is 7.76. The maximum atomic E-state index is 14.8. The lowest BCUT2D eigenvalue weighted by molar-refractivity contribution is -0.144. The Labute approximate surface area is 398 Å². The number of ether oxygens (including phenoxy) is 1. The van der Waals surface area contributed by atoms with E-state index < -0.39 is 133 Å². The number of urea groups is 1. The van der Waals surface area contributed by atoms with E-state index in [1.54, 1.807) is 27.7 Å². The zero-order valence-corrected chi connectivity index (χ0v) is 40.3. The molecule has 8 amide bonds. The maximum Gasteiger partial charge on any atom is 0.336 e. The smallest absolute Gasteiger partial charge is 0.336 e. The number of hydrazine groups is 1. The third-order valence-electron chi connectivity index (χ3n) is 11.9. The molecule has 20 nitrogen and oxygen atoms in total. The zero-order valence-electron chi connectivity index (χ0n) is 40.3. The van der Waals surface area contributed by atoms with E-state index in [0.717, 1.165) is 18.1 Å². The summed E-state index contributed by atoms with van der Waals surface area (Å²) in [6, 6.07) is 10.4. The molecule has 3 rings (SSSR count). The van der Waals surface area contributed by atoms with Crippen LogP contribution >= 0.6 is 0 Å². The fraction of sp³-hybridized carbons (Fsp3) is 0.562. The summed E-state index contributed by atoms with van der Waals surface area (Å²) in [5, 5.41) is 32.9. The number of carboxylic acids is 2. The van der Waals surface area contributed by atoms with E-state index in [2.05, 4.69) is 32.0 Å². The van der Waals surface area contributed by atoms with Crippen LogP contribution in [0.5, 0.6) is 0 Å². The largest absolute Gasteiger partial charge is 0.481 e. The molecule has 2 aromatic rings. The normalized spacial score (nSPS) is 17.1. The molecule has 1 heterocycles. The summed E-state index contributed by atoms with van der Waals surface area (Å²) in [6.45, 7) is 13.6. The van der Waals surface area contributed by atoms with Crippen LogP contribution in [0.15, 0.2) is 60.7 Å². The van der Waals surface area contributed by atoms with E-state index >= 15 is 0 Å². The van der Waals surface area contributed by atoms with Gasteiger partial charge in [0.1, 0.15) is 30.2 Å². The Kier molecular flexibility index (Phi) is 22.4. The van der Waals surface area contributed by atoms with Crippen LogP contribution in [-0.4, -0.2) is 122 Å². The van der Waals surface area contributed by atoms with Crippen LogP contribution in [0.4, 0.5) is 4.79 Å². The van der Waals surface area contributed by atoms with Crippen molar-refractivity contribution >= 4 is 53.4 Å². The molecule has 0 bridgehead atoms. The van der Waals surface area contributed by atoms with Crippen molar-refractivity contribution in [2.75, 3.05) is 6.54 Å². The summed E-state index contributed by atoms with van der Waals surface area (Å²) >= 11 is 0. The first kappa shape index (κ1) is 55.8. The highest BCUT2D eigenvalue weighted by molar-refractivity contribution is 5.97. The molecule has 1 saturated heterocycles. The standard InChI is InChI=1S/C48H70N8O12/c1-9-29(6)42(53-43(62)36(22-23-39(58)59)51-44(63)37(25-40(60)61)50-31(8)57)46(65)52-41(28(4)5)47(66)55-26-35(68-27-32-18-14-12-15-19-32)24-38(55)45(64)54-56(34(10-2)11-3)48(67)49-30(7)33-20-16-13-17-21-33/h12-21,28-30,34-38,41-42H,9-11,22-27H2,1-8H3,(H,49,67)(H,50,57)(H,51,63)(H,52,65)(H,53,62)(H,54,64)(H,58,59)(H,60,61)/t29-,30-,35+,36+,37-,38-,41-,42-/m0/s1. The van der Waals surface area contributed by atoms with Crippen LogP contribution < -0.4 is 32.0 Å². The quantitative estimate of drug-likeness (QED) is 0.0667. The van der Waals surface area contributed by atoms with Crippen molar-refractivity contribution in [3.8, 4) is 0 Å². The van der Waals surface area contributed by atoms with Crippen molar-refractivity contribution in [3.63, 3.8) is 0 Å². The molecular formula is C48H70N8O12. The third kappa shape index (κ3) is 16.9. The number of carbonyl (C=O) groups is 9. The van der Waals surface area contributed by atoms with Crippen LogP contribution in [0.1, 0.15) is 118 Å². The Morgan fingerprint density at radius 3 is 1.85 bits per heavy atom. The average molecular weight is 951 g/mol. The van der Waals surface area contributed by atoms with E-state index in [9.17, 15) is 53.4 Å². The molecule has 1 fully saturated rings. The van der Waals surface area contributed by atoms with E-state index in [1.165, 1.54) is 9.91 Å².